The fraction of sp³-hybridized carbons (Fsp3) is 0.600. The summed E-state index contributed by atoms with van der Waals surface area (Å²) in [6, 6.07) is 0. The molecule has 100 valence electrons. The molecule has 0 radical (unpaired) electrons. The van der Waals surface area contributed by atoms with E-state index in [1.807, 2.05) is 6.08 Å². The Morgan fingerprint density at radius 3 is 2.72 bits per heavy atom. The summed E-state index contributed by atoms with van der Waals surface area (Å²) < 4.78 is -2.56. The number of halogens is 4. The van der Waals surface area contributed by atoms with Gasteiger partial charge in [0.05, 0.1) is 5.92 Å². The van der Waals surface area contributed by atoms with Gasteiger partial charge in [-0.15, -0.1) is 35.0 Å². The Labute approximate surface area is 129 Å². The van der Waals surface area contributed by atoms with Crippen molar-refractivity contribution >= 4 is 70.0 Å². The lowest BCUT2D eigenvalue weighted by atomic mass is 9.85. The van der Waals surface area contributed by atoms with E-state index < -0.39 is 19.2 Å². The van der Waals surface area contributed by atoms with E-state index in [-0.39, 0.29) is 11.8 Å². The molecule has 0 bridgehead atoms. The van der Waals surface area contributed by atoms with Crippen molar-refractivity contribution in [3.05, 3.63) is 12.2 Å². The van der Waals surface area contributed by atoms with Crippen LogP contribution in [0.1, 0.15) is 12.8 Å². The molecule has 1 heterocycles. The Morgan fingerprint density at radius 2 is 2.11 bits per heavy atom. The molecule has 0 spiro atoms. The van der Waals surface area contributed by atoms with Gasteiger partial charge in [0.2, 0.25) is 11.8 Å². The monoisotopic (exact) mass is 347 g/mol. The van der Waals surface area contributed by atoms with Gasteiger partial charge in [-0.2, -0.15) is 0 Å². The number of rotatable bonds is 3. The lowest BCUT2D eigenvalue weighted by molar-refractivity contribution is -0.125. The number of imide groups is 1. The molecule has 2 unspecified atom stereocenters. The third-order valence-electron chi connectivity index (χ3n) is 2.99. The van der Waals surface area contributed by atoms with Gasteiger partial charge in [0.1, 0.15) is 9.58 Å². The number of alkyl halides is 4. The first kappa shape index (κ1) is 14.8. The zero-order valence-electron chi connectivity index (χ0n) is 8.96. The Kier molecular flexibility index (Phi) is 4.16. The quantitative estimate of drug-likeness (QED) is 0.484. The maximum Gasteiger partial charge on any atom is 0.244 e. The molecular formula is C10H9Cl4NO2S. The minimum absolute atomic E-state index is 0.340. The van der Waals surface area contributed by atoms with E-state index in [1.54, 1.807) is 6.08 Å². The van der Waals surface area contributed by atoms with E-state index in [0.717, 1.165) is 11.8 Å². The molecule has 2 atom stereocenters. The van der Waals surface area contributed by atoms with Gasteiger partial charge in [-0.1, -0.05) is 35.4 Å². The second kappa shape index (κ2) is 5.06. The first-order valence-corrected chi connectivity index (χ1v) is 7.62. The van der Waals surface area contributed by atoms with Gasteiger partial charge in [-0.25, -0.2) is 0 Å². The van der Waals surface area contributed by atoms with Crippen LogP contribution in [0.25, 0.3) is 0 Å². The predicted octanol–water partition coefficient (Wildman–Crippen LogP) is 3.02. The Hall–Kier alpha value is 0.390. The van der Waals surface area contributed by atoms with Crippen LogP contribution in [0.5, 0.6) is 0 Å². The molecule has 0 aromatic carbocycles. The van der Waals surface area contributed by atoms with Crippen LogP contribution in [0.2, 0.25) is 0 Å². The molecule has 0 saturated carbocycles. The SMILES string of the molecule is O=C1NC(=O)C2(SC(Cl)(Cl)C(Cl)Cl)CCC=CC12. The van der Waals surface area contributed by atoms with Crippen LogP contribution in [-0.2, 0) is 9.59 Å². The van der Waals surface area contributed by atoms with Gasteiger partial charge in [0.15, 0.2) is 3.67 Å². The molecule has 0 aromatic rings. The average molecular weight is 349 g/mol. The summed E-state index contributed by atoms with van der Waals surface area (Å²) in [5.74, 6) is -1.30. The van der Waals surface area contributed by atoms with E-state index in [1.165, 1.54) is 0 Å². The summed E-state index contributed by atoms with van der Waals surface area (Å²) in [5, 5.41) is 2.31. The fourth-order valence-corrected chi connectivity index (χ4v) is 4.48. The van der Waals surface area contributed by atoms with E-state index in [2.05, 4.69) is 5.32 Å². The van der Waals surface area contributed by atoms with Crippen LogP contribution in [-0.4, -0.2) is 25.1 Å². The Bertz CT molecular complexity index is 426. The number of hydrogen-bond acceptors (Lipinski definition) is 3. The number of carbonyl (C=O) groups is 2. The molecule has 1 saturated heterocycles. The van der Waals surface area contributed by atoms with Crippen LogP contribution in [0.15, 0.2) is 12.2 Å². The number of carbonyl (C=O) groups excluding carboxylic acids is 2. The van der Waals surface area contributed by atoms with E-state index in [0.29, 0.717) is 12.8 Å². The maximum atomic E-state index is 12.1. The highest BCUT2D eigenvalue weighted by atomic mass is 35.5. The summed E-state index contributed by atoms with van der Waals surface area (Å²) in [6.45, 7) is 0. The molecule has 1 fully saturated rings. The largest absolute Gasteiger partial charge is 0.295 e. The van der Waals surface area contributed by atoms with Crippen molar-refractivity contribution < 1.29 is 9.59 Å². The third-order valence-corrected chi connectivity index (χ3v) is 6.76. The molecule has 8 heteroatoms. The normalized spacial score (nSPS) is 31.7. The summed E-state index contributed by atoms with van der Waals surface area (Å²) in [5.41, 5.74) is 0. The average Bonchev–Trinajstić information content (AvgIpc) is 2.51. The van der Waals surface area contributed by atoms with Crippen molar-refractivity contribution in [1.29, 1.82) is 0 Å². The number of thioether (sulfide) groups is 1. The van der Waals surface area contributed by atoms with Crippen molar-refractivity contribution in [2.75, 3.05) is 0 Å². The molecule has 18 heavy (non-hydrogen) atoms. The van der Waals surface area contributed by atoms with Gasteiger partial charge in [-0.3, -0.25) is 14.9 Å². The molecule has 1 N–H and O–H groups in total. The molecule has 1 aliphatic carbocycles. The number of hydrogen-bond donors (Lipinski definition) is 1. The maximum absolute atomic E-state index is 12.1. The minimum Gasteiger partial charge on any atom is -0.295 e. The van der Waals surface area contributed by atoms with E-state index in [4.69, 9.17) is 46.4 Å². The van der Waals surface area contributed by atoms with Gasteiger partial charge in [-0.05, 0) is 12.8 Å². The summed E-state index contributed by atoms with van der Waals surface area (Å²) in [4.78, 5) is 22.7. The highest BCUT2D eigenvalue weighted by molar-refractivity contribution is 8.05. The van der Waals surface area contributed by atoms with Gasteiger partial charge in [0, 0.05) is 0 Å². The molecule has 2 aliphatic rings. The smallest absolute Gasteiger partial charge is 0.244 e. The summed E-state index contributed by atoms with van der Waals surface area (Å²) in [6.07, 6.45) is 4.71. The zero-order valence-corrected chi connectivity index (χ0v) is 12.8. The zero-order chi connectivity index (χ0) is 13.6. The van der Waals surface area contributed by atoms with Crippen LogP contribution < -0.4 is 5.32 Å². The van der Waals surface area contributed by atoms with Crippen molar-refractivity contribution in [2.45, 2.75) is 26.1 Å². The minimum atomic E-state index is -1.55. The molecule has 0 aromatic heterocycles. The van der Waals surface area contributed by atoms with Crippen molar-refractivity contribution in [3.8, 4) is 0 Å². The van der Waals surface area contributed by atoms with E-state index >= 15 is 0 Å². The van der Waals surface area contributed by atoms with Gasteiger partial charge >= 0.3 is 0 Å². The first-order chi connectivity index (χ1) is 8.29. The van der Waals surface area contributed by atoms with Crippen LogP contribution in [0.3, 0.4) is 0 Å². The molecule has 2 amide bonds. The van der Waals surface area contributed by atoms with Gasteiger partial charge < -0.3 is 0 Å². The lowest BCUT2D eigenvalue weighted by Gasteiger charge is -2.36. The van der Waals surface area contributed by atoms with Crippen LogP contribution in [0.4, 0.5) is 0 Å². The second-order valence-corrected chi connectivity index (χ2v) is 8.62. The molecule has 2 rings (SSSR count). The highest BCUT2D eigenvalue weighted by Gasteiger charge is 2.59. The summed E-state index contributed by atoms with van der Waals surface area (Å²) >= 11 is 24.4. The number of nitrogens with one attached hydrogen (secondary N) is 1. The first-order valence-electron chi connectivity index (χ1n) is 5.18. The highest BCUT2D eigenvalue weighted by Crippen LogP contribution is 2.55. The Morgan fingerprint density at radius 1 is 1.44 bits per heavy atom. The number of amides is 2. The standard InChI is InChI=1S/C10H9Cl4NO2S/c11-7(12)10(13,14)18-9-4-2-1-3-5(9)6(16)15-8(9)17/h1,3,5,7H,2,4H2,(H,15,16,17). The predicted molar refractivity (Wildman–Crippen MR) is 75.3 cm³/mol. The van der Waals surface area contributed by atoms with Crippen molar-refractivity contribution in [2.24, 2.45) is 5.92 Å². The van der Waals surface area contributed by atoms with Crippen molar-refractivity contribution in [1.82, 2.24) is 5.32 Å². The topological polar surface area (TPSA) is 46.2 Å². The number of fused-ring (bicyclic) bond motifs is 1. The third kappa shape index (κ3) is 2.38. The van der Waals surface area contributed by atoms with E-state index in [9.17, 15) is 9.59 Å². The second-order valence-electron chi connectivity index (χ2n) is 4.12. The molecule has 1 aliphatic heterocycles. The van der Waals surface area contributed by atoms with Crippen LogP contribution in [0, 0.1) is 5.92 Å². The Balaban J connectivity index is 2.35. The van der Waals surface area contributed by atoms with Crippen LogP contribution >= 0.6 is 58.2 Å². The number of allylic oxidation sites excluding steroid dienone is 1. The molecule has 3 nitrogen and oxygen atoms in total. The molecular weight excluding hydrogens is 340 g/mol. The van der Waals surface area contributed by atoms with Crippen molar-refractivity contribution in [3.63, 3.8) is 0 Å². The lowest BCUT2D eigenvalue weighted by Crippen LogP contribution is -2.43. The fourth-order valence-electron chi connectivity index (χ4n) is 2.14. The summed E-state index contributed by atoms with van der Waals surface area (Å²) in [7, 11) is 0. The van der Waals surface area contributed by atoms with Gasteiger partial charge in [0.25, 0.3) is 0 Å².